The Morgan fingerprint density at radius 3 is 2.30 bits per heavy atom. The Hall–Kier alpha value is -1.10. The molecule has 0 aliphatic carbocycles. The Morgan fingerprint density at radius 2 is 1.74 bits per heavy atom. The third-order valence-corrected chi connectivity index (χ3v) is 5.09. The summed E-state index contributed by atoms with van der Waals surface area (Å²) >= 11 is 0. The van der Waals surface area contributed by atoms with Crippen molar-refractivity contribution in [3.05, 3.63) is 29.8 Å². The summed E-state index contributed by atoms with van der Waals surface area (Å²) in [4.78, 5) is 1.33. The number of likely N-dealkylation sites (tertiary alicyclic amines) is 1. The lowest BCUT2D eigenvalue weighted by molar-refractivity contribution is -1.00. The summed E-state index contributed by atoms with van der Waals surface area (Å²) in [5, 5.41) is 20.6. The molecular formula is C19H32NO3+. The van der Waals surface area contributed by atoms with Crippen LogP contribution in [-0.4, -0.2) is 46.7 Å². The van der Waals surface area contributed by atoms with Crippen LogP contribution in [0.25, 0.3) is 0 Å². The van der Waals surface area contributed by atoms with Crippen LogP contribution in [0.15, 0.2) is 24.3 Å². The van der Waals surface area contributed by atoms with Crippen LogP contribution in [0.1, 0.15) is 46.1 Å². The SMILES string of the molecule is Cc1ccccc1OC[C@H](O)C[NH+]1C(C)(C)CC(O)CC1(C)C. The molecule has 0 saturated carbocycles. The predicted molar refractivity (Wildman–Crippen MR) is 91.9 cm³/mol. The Morgan fingerprint density at radius 1 is 1.17 bits per heavy atom. The van der Waals surface area contributed by atoms with Gasteiger partial charge in [0.15, 0.2) is 0 Å². The number of aliphatic hydroxyl groups is 2. The lowest BCUT2D eigenvalue weighted by Gasteiger charge is -2.51. The third-order valence-electron chi connectivity index (χ3n) is 5.09. The van der Waals surface area contributed by atoms with Gasteiger partial charge in [-0.2, -0.15) is 0 Å². The van der Waals surface area contributed by atoms with Gasteiger partial charge in [0.05, 0.1) is 17.2 Å². The van der Waals surface area contributed by atoms with Crippen LogP contribution in [0.4, 0.5) is 0 Å². The molecule has 1 saturated heterocycles. The molecule has 1 aromatic carbocycles. The van der Waals surface area contributed by atoms with E-state index in [1.165, 1.54) is 4.90 Å². The van der Waals surface area contributed by atoms with Gasteiger partial charge in [0, 0.05) is 12.8 Å². The van der Waals surface area contributed by atoms with E-state index in [0.29, 0.717) is 13.2 Å². The van der Waals surface area contributed by atoms with E-state index >= 15 is 0 Å². The average molecular weight is 322 g/mol. The molecule has 4 heteroatoms. The van der Waals surface area contributed by atoms with Crippen molar-refractivity contribution >= 4 is 0 Å². The molecular weight excluding hydrogens is 290 g/mol. The number of rotatable bonds is 5. The van der Waals surface area contributed by atoms with Crippen molar-refractivity contribution in [2.75, 3.05) is 13.2 Å². The smallest absolute Gasteiger partial charge is 0.137 e. The number of aryl methyl sites for hydroxylation is 1. The minimum absolute atomic E-state index is 0.0647. The van der Waals surface area contributed by atoms with Gasteiger partial charge in [-0.1, -0.05) is 18.2 Å². The monoisotopic (exact) mass is 322 g/mol. The van der Waals surface area contributed by atoms with E-state index in [4.69, 9.17) is 4.74 Å². The Bertz CT molecular complexity index is 509. The summed E-state index contributed by atoms with van der Waals surface area (Å²) < 4.78 is 5.78. The van der Waals surface area contributed by atoms with Crippen LogP contribution in [0.5, 0.6) is 5.75 Å². The maximum atomic E-state index is 10.5. The van der Waals surface area contributed by atoms with E-state index in [0.717, 1.165) is 24.2 Å². The molecule has 23 heavy (non-hydrogen) atoms. The largest absolute Gasteiger partial charge is 0.490 e. The second-order valence-corrected chi connectivity index (χ2v) is 8.24. The minimum atomic E-state index is -0.529. The van der Waals surface area contributed by atoms with Crippen LogP contribution in [0.3, 0.4) is 0 Å². The molecule has 3 N–H and O–H groups in total. The van der Waals surface area contributed by atoms with E-state index in [9.17, 15) is 10.2 Å². The molecule has 1 aromatic rings. The highest BCUT2D eigenvalue weighted by molar-refractivity contribution is 5.31. The molecule has 4 nitrogen and oxygen atoms in total. The summed E-state index contributed by atoms with van der Waals surface area (Å²) in [5.74, 6) is 0.828. The fourth-order valence-electron chi connectivity index (χ4n) is 4.16. The zero-order valence-corrected chi connectivity index (χ0v) is 15.1. The number of quaternary nitrogens is 1. The van der Waals surface area contributed by atoms with Crippen molar-refractivity contribution in [1.29, 1.82) is 0 Å². The minimum Gasteiger partial charge on any atom is -0.490 e. The summed E-state index contributed by atoms with van der Waals surface area (Å²) in [6, 6.07) is 7.86. The van der Waals surface area contributed by atoms with Crippen molar-refractivity contribution in [1.82, 2.24) is 0 Å². The first kappa shape index (κ1) is 18.2. The number of benzene rings is 1. The van der Waals surface area contributed by atoms with Gasteiger partial charge < -0.3 is 19.8 Å². The van der Waals surface area contributed by atoms with Gasteiger partial charge >= 0.3 is 0 Å². The molecule has 0 radical (unpaired) electrons. The quantitative estimate of drug-likeness (QED) is 0.767. The van der Waals surface area contributed by atoms with Gasteiger partial charge in [-0.05, 0) is 46.2 Å². The Labute approximate surface area is 140 Å². The van der Waals surface area contributed by atoms with E-state index in [1.54, 1.807) is 0 Å². The number of aliphatic hydroxyl groups excluding tert-OH is 2. The molecule has 1 aliphatic heterocycles. The van der Waals surface area contributed by atoms with Crippen LogP contribution >= 0.6 is 0 Å². The third kappa shape index (κ3) is 4.46. The van der Waals surface area contributed by atoms with Gasteiger partial charge in [-0.25, -0.2) is 0 Å². The maximum absolute atomic E-state index is 10.5. The molecule has 2 rings (SSSR count). The molecule has 1 fully saturated rings. The topological polar surface area (TPSA) is 54.1 Å². The lowest BCUT2D eigenvalue weighted by atomic mass is 9.78. The van der Waals surface area contributed by atoms with Gasteiger partial charge in [-0.15, -0.1) is 0 Å². The molecule has 130 valence electrons. The highest BCUT2D eigenvalue weighted by Gasteiger charge is 2.49. The molecule has 0 aromatic heterocycles. The highest BCUT2D eigenvalue weighted by atomic mass is 16.5. The Kier molecular flexibility index (Phi) is 5.39. The van der Waals surface area contributed by atoms with Crippen LogP contribution in [0.2, 0.25) is 0 Å². The van der Waals surface area contributed by atoms with Crippen LogP contribution in [0, 0.1) is 6.92 Å². The van der Waals surface area contributed by atoms with Crippen molar-refractivity contribution in [2.24, 2.45) is 0 Å². The van der Waals surface area contributed by atoms with Crippen molar-refractivity contribution in [2.45, 2.75) is 70.7 Å². The fraction of sp³-hybridized carbons (Fsp3) is 0.684. The first-order chi connectivity index (χ1) is 10.6. The van der Waals surface area contributed by atoms with E-state index in [-0.39, 0.29) is 17.2 Å². The molecule has 1 heterocycles. The number of para-hydroxylation sites is 1. The number of ether oxygens (including phenoxy) is 1. The first-order valence-electron chi connectivity index (χ1n) is 8.53. The molecule has 0 amide bonds. The van der Waals surface area contributed by atoms with E-state index in [2.05, 4.69) is 27.7 Å². The van der Waals surface area contributed by atoms with E-state index in [1.807, 2.05) is 31.2 Å². The summed E-state index contributed by atoms with van der Waals surface area (Å²) in [7, 11) is 0. The number of nitrogens with one attached hydrogen (secondary N) is 1. The molecule has 1 aliphatic rings. The molecule has 0 unspecified atom stereocenters. The maximum Gasteiger partial charge on any atom is 0.137 e. The highest BCUT2D eigenvalue weighted by Crippen LogP contribution is 2.24. The number of hydrogen-bond acceptors (Lipinski definition) is 3. The van der Waals surface area contributed by atoms with Gasteiger partial charge in [-0.3, -0.25) is 0 Å². The normalized spacial score (nSPS) is 27.4. The Balaban J connectivity index is 1.98. The van der Waals surface area contributed by atoms with Crippen molar-refractivity contribution in [3.63, 3.8) is 0 Å². The standard InChI is InChI=1S/C19H31NO3/c1-14-8-6-7-9-17(14)23-13-16(22)12-20-18(2,3)10-15(21)11-19(20,4)5/h6-9,15-16,21-22H,10-13H2,1-5H3/p+1/t16-/m1/s1. The summed E-state index contributed by atoms with van der Waals surface area (Å²) in [6.45, 7) is 11.6. The summed E-state index contributed by atoms with van der Waals surface area (Å²) in [6.07, 6.45) is 0.733. The molecule has 0 spiro atoms. The van der Waals surface area contributed by atoms with Gasteiger partial charge in [0.1, 0.15) is 25.0 Å². The van der Waals surface area contributed by atoms with E-state index < -0.39 is 6.10 Å². The van der Waals surface area contributed by atoms with Crippen molar-refractivity contribution < 1.29 is 19.8 Å². The zero-order valence-electron chi connectivity index (χ0n) is 15.1. The number of piperidine rings is 1. The zero-order chi connectivity index (χ0) is 17.3. The summed E-state index contributed by atoms with van der Waals surface area (Å²) in [5.41, 5.74) is 0.948. The second-order valence-electron chi connectivity index (χ2n) is 8.24. The van der Waals surface area contributed by atoms with Crippen molar-refractivity contribution in [3.8, 4) is 5.75 Å². The lowest BCUT2D eigenvalue weighted by Crippen LogP contribution is -3.27. The molecule has 0 bridgehead atoms. The van der Waals surface area contributed by atoms with Crippen LogP contribution in [-0.2, 0) is 0 Å². The van der Waals surface area contributed by atoms with Gasteiger partial charge in [0.2, 0.25) is 0 Å². The van der Waals surface area contributed by atoms with Gasteiger partial charge in [0.25, 0.3) is 0 Å². The average Bonchev–Trinajstić information content (AvgIpc) is 2.41. The second kappa shape index (κ2) is 6.80. The number of hydrogen-bond donors (Lipinski definition) is 3. The first-order valence-corrected chi connectivity index (χ1v) is 8.53. The van der Waals surface area contributed by atoms with Crippen LogP contribution < -0.4 is 9.64 Å². The fourth-order valence-corrected chi connectivity index (χ4v) is 4.16. The molecule has 1 atom stereocenters. The predicted octanol–water partition coefficient (Wildman–Crippen LogP) is 1.33.